The molecule has 0 aromatic rings. The van der Waals surface area contributed by atoms with Gasteiger partial charge in [-0.25, -0.2) is 4.79 Å². The molecule has 71 heavy (non-hydrogen) atoms. The fourth-order valence-electron chi connectivity index (χ4n) is 13.1. The smallest absolute Gasteiger partial charge is 0.344 e. The number of esters is 6. The lowest BCUT2D eigenvalue weighted by atomic mass is 9.52. The Morgan fingerprint density at radius 3 is 1.79 bits per heavy atom. The lowest BCUT2D eigenvalue weighted by Crippen LogP contribution is -2.60. The Morgan fingerprint density at radius 1 is 0.732 bits per heavy atom. The molecule has 9 rings (SSSR count). The molecule has 14 nitrogen and oxygen atoms in total. The molecule has 0 aromatic carbocycles. The van der Waals surface area contributed by atoms with Crippen molar-refractivity contribution in [2.24, 2.45) is 58.7 Å². The van der Waals surface area contributed by atoms with E-state index in [1.165, 1.54) is 51.4 Å². The zero-order valence-corrected chi connectivity index (χ0v) is 45.4. The minimum atomic E-state index is -1.05. The molecule has 11 unspecified atom stereocenters. The molecule has 0 aromatic heterocycles. The van der Waals surface area contributed by atoms with Crippen LogP contribution in [0, 0.1) is 70.0 Å². The Hall–Kier alpha value is -3.73. The predicted octanol–water partition coefficient (Wildman–Crippen LogP) is 10.9. The zero-order valence-electron chi connectivity index (χ0n) is 45.4. The number of carbonyl (C=O) groups is 6. The van der Waals surface area contributed by atoms with E-state index in [9.17, 15) is 39.1 Å². The van der Waals surface area contributed by atoms with E-state index in [-0.39, 0.29) is 70.2 Å². The number of carbonyl (C=O) groups excluding carboxylic acids is 6. The van der Waals surface area contributed by atoms with Gasteiger partial charge in [-0.2, -0.15) is 5.26 Å². The van der Waals surface area contributed by atoms with E-state index in [2.05, 4.69) is 26.8 Å². The SMILES string of the molecule is CCC(C)C(=O)OC(C)(C)C1CCCCC1.CCC(C)C(=O)OC1(CC)CCCC1.CCC(C)C(=O)OC12CC3CC(CC(O)(C3)C1)C2.CCC(C)C(=O)OCC(=O)OC1C2CC3C1OC(=O)C3(C#N)C2. The monoisotopic (exact) mass is 998 g/mol. The summed E-state index contributed by atoms with van der Waals surface area (Å²) in [7, 11) is 0. The van der Waals surface area contributed by atoms with Crippen LogP contribution >= 0.6 is 0 Å². The summed E-state index contributed by atoms with van der Waals surface area (Å²) in [5.74, 6) is -0.451. The minimum absolute atomic E-state index is 0.00347. The van der Waals surface area contributed by atoms with Gasteiger partial charge in [-0.3, -0.25) is 24.0 Å². The van der Waals surface area contributed by atoms with Gasteiger partial charge in [-0.1, -0.05) is 81.6 Å². The third kappa shape index (κ3) is 13.9. The van der Waals surface area contributed by atoms with Crippen molar-refractivity contribution in [2.45, 2.75) is 252 Å². The number of nitriles is 1. The highest BCUT2D eigenvalue weighted by atomic mass is 16.6. The second kappa shape index (κ2) is 24.5. The highest BCUT2D eigenvalue weighted by molar-refractivity contribution is 5.85. The maximum atomic E-state index is 12.1. The highest BCUT2D eigenvalue weighted by Gasteiger charge is 2.72. The fourth-order valence-corrected chi connectivity index (χ4v) is 13.1. The van der Waals surface area contributed by atoms with Gasteiger partial charge in [0, 0.05) is 18.3 Å². The summed E-state index contributed by atoms with van der Waals surface area (Å²) in [4.78, 5) is 70.9. The summed E-state index contributed by atoms with van der Waals surface area (Å²) >= 11 is 0. The van der Waals surface area contributed by atoms with E-state index in [1.807, 2.05) is 48.5 Å². The summed E-state index contributed by atoms with van der Waals surface area (Å²) in [6.07, 6.45) is 20.7. The first kappa shape index (κ1) is 58.2. The Labute approximate surface area is 425 Å². The van der Waals surface area contributed by atoms with Crippen LogP contribution in [0.5, 0.6) is 0 Å². The average Bonchev–Trinajstić information content (AvgIpc) is 4.10. The number of hydrogen-bond acceptors (Lipinski definition) is 14. The normalized spacial score (nSPS) is 33.1. The molecule has 0 spiro atoms. The van der Waals surface area contributed by atoms with Crippen LogP contribution in [0.15, 0.2) is 0 Å². The van der Waals surface area contributed by atoms with E-state index in [0.29, 0.717) is 43.4 Å². The molecule has 1 heterocycles. The summed E-state index contributed by atoms with van der Waals surface area (Å²) in [5.41, 5.74) is -2.32. The molecule has 9 fully saturated rings. The molecule has 8 aliphatic carbocycles. The largest absolute Gasteiger partial charge is 0.459 e. The van der Waals surface area contributed by atoms with Gasteiger partial charge in [0.05, 0.1) is 35.3 Å². The molecule has 1 aliphatic heterocycles. The van der Waals surface area contributed by atoms with Gasteiger partial charge in [0.2, 0.25) is 0 Å². The molecule has 0 amide bonds. The molecular weight excluding hydrogens is 907 g/mol. The third-order valence-corrected chi connectivity index (χ3v) is 18.1. The molecule has 14 heteroatoms. The second-order valence-electron chi connectivity index (χ2n) is 23.9. The number of rotatable bonds is 16. The van der Waals surface area contributed by atoms with Crippen molar-refractivity contribution < 1.29 is 62.3 Å². The summed E-state index contributed by atoms with van der Waals surface area (Å²) in [5, 5.41) is 19.9. The predicted molar refractivity (Wildman–Crippen MR) is 266 cm³/mol. The molecule has 1 N–H and O–H groups in total. The number of aliphatic hydroxyl groups is 1. The first-order valence-electron chi connectivity index (χ1n) is 27.9. The van der Waals surface area contributed by atoms with E-state index in [0.717, 1.165) is 64.2 Å². The van der Waals surface area contributed by atoms with E-state index in [1.54, 1.807) is 6.92 Å². The molecule has 1 saturated heterocycles. The molecule has 11 atom stereocenters. The average molecular weight is 998 g/mol. The van der Waals surface area contributed by atoms with E-state index >= 15 is 0 Å². The van der Waals surface area contributed by atoms with Crippen LogP contribution in [-0.2, 0) is 57.2 Å². The van der Waals surface area contributed by atoms with Gasteiger partial charge in [-0.15, -0.1) is 0 Å². The first-order chi connectivity index (χ1) is 33.5. The molecule has 8 saturated carbocycles. The van der Waals surface area contributed by atoms with Crippen LogP contribution in [0.3, 0.4) is 0 Å². The van der Waals surface area contributed by atoms with Crippen LogP contribution in [0.1, 0.15) is 217 Å². The van der Waals surface area contributed by atoms with Gasteiger partial charge in [0.25, 0.3) is 0 Å². The van der Waals surface area contributed by atoms with Gasteiger partial charge in [-0.05, 0) is 147 Å². The molecule has 402 valence electrons. The number of fused-ring (bicyclic) bond motifs is 1. The van der Waals surface area contributed by atoms with Crippen molar-refractivity contribution in [3.05, 3.63) is 0 Å². The van der Waals surface area contributed by atoms with Crippen molar-refractivity contribution in [1.82, 2.24) is 0 Å². The van der Waals surface area contributed by atoms with Gasteiger partial charge >= 0.3 is 35.8 Å². The lowest BCUT2D eigenvalue weighted by molar-refractivity contribution is -0.222. The van der Waals surface area contributed by atoms with Crippen molar-refractivity contribution in [3.8, 4) is 6.07 Å². The second-order valence-corrected chi connectivity index (χ2v) is 23.9. The topological polar surface area (TPSA) is 202 Å². The van der Waals surface area contributed by atoms with Crippen molar-refractivity contribution in [2.75, 3.05) is 6.61 Å². The fraction of sp³-hybridized carbons (Fsp3) is 0.877. The summed E-state index contributed by atoms with van der Waals surface area (Å²) < 4.78 is 32.8. The minimum Gasteiger partial charge on any atom is -0.459 e. The molecule has 0 radical (unpaired) electrons. The number of nitrogens with zero attached hydrogens (tertiary/aromatic N) is 1. The van der Waals surface area contributed by atoms with Crippen molar-refractivity contribution in [1.29, 1.82) is 5.26 Å². The summed E-state index contributed by atoms with van der Waals surface area (Å²) in [6, 6.07) is 2.10. The van der Waals surface area contributed by atoms with Gasteiger partial charge < -0.3 is 33.5 Å². The number of hydrogen-bond donors (Lipinski definition) is 1. The van der Waals surface area contributed by atoms with Crippen LogP contribution in [-0.4, -0.2) is 82.1 Å². The number of ether oxygens (including phenoxy) is 6. The zero-order chi connectivity index (χ0) is 52.5. The van der Waals surface area contributed by atoms with Gasteiger partial charge in [0.15, 0.2) is 12.0 Å². The Balaban J connectivity index is 0.000000179. The van der Waals surface area contributed by atoms with Crippen LogP contribution < -0.4 is 0 Å². The highest BCUT2D eigenvalue weighted by Crippen LogP contribution is 2.62. The molecular formula is C57H91NO13. The Morgan fingerprint density at radius 2 is 1.27 bits per heavy atom. The maximum Gasteiger partial charge on any atom is 0.344 e. The summed E-state index contributed by atoms with van der Waals surface area (Å²) in [6.45, 7) is 21.3. The van der Waals surface area contributed by atoms with E-state index < -0.39 is 47.7 Å². The van der Waals surface area contributed by atoms with Crippen molar-refractivity contribution >= 4 is 35.8 Å². The maximum absolute atomic E-state index is 12.1. The Kier molecular flexibility index (Phi) is 20.1. The van der Waals surface area contributed by atoms with E-state index in [4.69, 9.17) is 28.4 Å². The molecule has 9 aliphatic rings. The Bertz CT molecular complexity index is 1880. The van der Waals surface area contributed by atoms with Crippen LogP contribution in [0.2, 0.25) is 0 Å². The van der Waals surface area contributed by atoms with Gasteiger partial charge in [0.1, 0.15) is 29.0 Å². The third-order valence-electron chi connectivity index (χ3n) is 18.1. The quantitative estimate of drug-likeness (QED) is 0.113. The van der Waals surface area contributed by atoms with Crippen LogP contribution in [0.25, 0.3) is 0 Å². The van der Waals surface area contributed by atoms with Crippen LogP contribution in [0.4, 0.5) is 0 Å². The molecule has 6 bridgehead atoms. The lowest BCUT2D eigenvalue weighted by Gasteiger charge is -2.59. The standard InChI is InChI=1S/C16H19NO6.C15H24O3.C14H26O2.C12H22O2/c1-3-8(2)14(19)21-6-11(18)22-12-9-4-10-13(12)23-15(20)16(10,5-9)7-17;1-3-10(2)13(16)18-15-7-11-4-12(8-15)6-14(17,5-11)9-15;1-5-11(2)13(15)16-14(3,4)12-9-7-6-8-10-12;1-4-10(3)11(13)14-12(5-2)8-6-7-9-12/h8-10,12-13H,3-6H2,1-2H3;10-12,17H,3-9H2,1-2H3;11-12H,5-10H2,1-4H3;10H,4-9H2,1-3H3. The first-order valence-corrected chi connectivity index (χ1v) is 27.9. The van der Waals surface area contributed by atoms with Crippen molar-refractivity contribution in [3.63, 3.8) is 0 Å².